The summed E-state index contributed by atoms with van der Waals surface area (Å²) in [6.45, 7) is 3.69. The van der Waals surface area contributed by atoms with Gasteiger partial charge in [-0.3, -0.25) is 14.4 Å². The van der Waals surface area contributed by atoms with Gasteiger partial charge in [0.05, 0.1) is 0 Å². The van der Waals surface area contributed by atoms with Crippen LogP contribution in [-0.4, -0.2) is 24.4 Å². The third-order valence-corrected chi connectivity index (χ3v) is 6.53. The second kappa shape index (κ2) is 13.9. The van der Waals surface area contributed by atoms with E-state index in [0.717, 1.165) is 46.2 Å². The summed E-state index contributed by atoms with van der Waals surface area (Å²) in [7, 11) is 0. The van der Waals surface area contributed by atoms with Gasteiger partial charge in [-0.15, -0.1) is 0 Å². The number of hydrogen-bond donors (Lipinski definition) is 2. The molecule has 0 aliphatic rings. The zero-order valence-electron chi connectivity index (χ0n) is 22.9. The highest BCUT2D eigenvalue weighted by Gasteiger charge is 2.13. The number of carbonyl (C=O) groups is 3. The predicted octanol–water partition coefficient (Wildman–Crippen LogP) is 7.05. The Balaban J connectivity index is 1.18. The fourth-order valence-electron chi connectivity index (χ4n) is 4.43. The lowest BCUT2D eigenvalue weighted by Gasteiger charge is -2.14. The average Bonchev–Trinajstić information content (AvgIpc) is 2.97. The Kier molecular flexibility index (Phi) is 9.88. The topological polar surface area (TPSA) is 93.7 Å². The van der Waals surface area contributed by atoms with E-state index >= 15 is 0 Å². The standard InChI is InChI=1S/C33H34N2O5/c1-3-23-11-7-12-24(4-2)33(23)35-31(37)22-39-32(38)17-9-16-30(36)34-26-18-20-27(21-19-26)40-29-15-8-13-25-10-5-6-14-28(25)29/h5-8,10-15,18-21H,3-4,9,16-17,22H2,1-2H3,(H,34,36)(H,35,37). The Labute approximate surface area is 234 Å². The molecule has 0 radical (unpaired) electrons. The molecule has 0 aromatic heterocycles. The zero-order chi connectivity index (χ0) is 28.3. The maximum atomic E-state index is 12.4. The summed E-state index contributed by atoms with van der Waals surface area (Å²) >= 11 is 0. The van der Waals surface area contributed by atoms with Crippen molar-refractivity contribution in [3.05, 3.63) is 96.1 Å². The lowest BCUT2D eigenvalue weighted by molar-refractivity contribution is -0.147. The van der Waals surface area contributed by atoms with Crippen molar-refractivity contribution in [3.8, 4) is 11.5 Å². The van der Waals surface area contributed by atoms with Crippen LogP contribution < -0.4 is 15.4 Å². The summed E-state index contributed by atoms with van der Waals surface area (Å²) in [5, 5.41) is 7.82. The lowest BCUT2D eigenvalue weighted by atomic mass is 10.0. The molecule has 0 bridgehead atoms. The van der Waals surface area contributed by atoms with Crippen molar-refractivity contribution in [2.75, 3.05) is 17.2 Å². The first kappa shape index (κ1) is 28.4. The Bertz CT molecular complexity index is 1450. The minimum absolute atomic E-state index is 0.0459. The molecule has 2 N–H and O–H groups in total. The number of hydrogen-bond acceptors (Lipinski definition) is 5. The van der Waals surface area contributed by atoms with Crippen molar-refractivity contribution in [2.45, 2.75) is 46.0 Å². The highest BCUT2D eigenvalue weighted by molar-refractivity contribution is 5.94. The van der Waals surface area contributed by atoms with Gasteiger partial charge in [-0.05, 0) is 66.1 Å². The molecular weight excluding hydrogens is 504 g/mol. The monoisotopic (exact) mass is 538 g/mol. The van der Waals surface area contributed by atoms with Gasteiger partial charge >= 0.3 is 5.97 Å². The maximum absolute atomic E-state index is 12.4. The van der Waals surface area contributed by atoms with Crippen LogP contribution in [0.2, 0.25) is 0 Å². The second-order valence-electron chi connectivity index (χ2n) is 9.37. The van der Waals surface area contributed by atoms with Gasteiger partial charge in [0.1, 0.15) is 11.5 Å². The van der Waals surface area contributed by atoms with E-state index in [2.05, 4.69) is 10.6 Å². The fraction of sp³-hybridized carbons (Fsp3) is 0.242. The van der Waals surface area contributed by atoms with E-state index in [-0.39, 0.29) is 31.3 Å². The Hall–Kier alpha value is -4.65. The van der Waals surface area contributed by atoms with E-state index in [1.807, 2.05) is 74.5 Å². The minimum atomic E-state index is -0.516. The molecule has 40 heavy (non-hydrogen) atoms. The van der Waals surface area contributed by atoms with Gasteiger partial charge in [0.2, 0.25) is 5.91 Å². The molecule has 0 fully saturated rings. The van der Waals surface area contributed by atoms with Crippen molar-refractivity contribution < 1.29 is 23.9 Å². The molecule has 4 rings (SSSR count). The molecule has 0 heterocycles. The molecule has 7 heteroatoms. The molecule has 206 valence electrons. The van der Waals surface area contributed by atoms with Crippen molar-refractivity contribution in [2.24, 2.45) is 0 Å². The lowest BCUT2D eigenvalue weighted by Crippen LogP contribution is -2.22. The van der Waals surface area contributed by atoms with Gasteiger partial charge in [0.25, 0.3) is 5.91 Å². The number of esters is 1. The van der Waals surface area contributed by atoms with Crippen LogP contribution in [0.3, 0.4) is 0 Å². The molecule has 7 nitrogen and oxygen atoms in total. The van der Waals surface area contributed by atoms with Crippen LogP contribution in [0.1, 0.15) is 44.2 Å². The Morgan fingerprint density at radius 1 is 0.700 bits per heavy atom. The van der Waals surface area contributed by atoms with E-state index < -0.39 is 5.97 Å². The van der Waals surface area contributed by atoms with Crippen molar-refractivity contribution in [3.63, 3.8) is 0 Å². The van der Waals surface area contributed by atoms with E-state index in [0.29, 0.717) is 17.9 Å². The number of fused-ring (bicyclic) bond motifs is 1. The Morgan fingerprint density at radius 3 is 2.10 bits per heavy atom. The fourth-order valence-corrected chi connectivity index (χ4v) is 4.43. The Morgan fingerprint density at radius 2 is 1.38 bits per heavy atom. The summed E-state index contributed by atoms with van der Waals surface area (Å²) < 4.78 is 11.2. The largest absolute Gasteiger partial charge is 0.457 e. The van der Waals surface area contributed by atoms with Gasteiger partial charge in [-0.25, -0.2) is 0 Å². The van der Waals surface area contributed by atoms with Crippen LogP contribution in [0.5, 0.6) is 11.5 Å². The van der Waals surface area contributed by atoms with E-state index in [4.69, 9.17) is 9.47 Å². The van der Waals surface area contributed by atoms with Gasteiger partial charge in [0, 0.05) is 29.6 Å². The van der Waals surface area contributed by atoms with Crippen molar-refractivity contribution >= 4 is 39.9 Å². The number of aryl methyl sites for hydroxylation is 2. The van der Waals surface area contributed by atoms with Gasteiger partial charge < -0.3 is 20.1 Å². The molecule has 4 aromatic rings. The summed E-state index contributed by atoms with van der Waals surface area (Å²) in [6.07, 6.45) is 2.08. The molecule has 0 aliphatic heterocycles. The molecule has 0 saturated carbocycles. The number of ether oxygens (including phenoxy) is 2. The van der Waals surface area contributed by atoms with E-state index in [1.54, 1.807) is 24.3 Å². The molecule has 0 saturated heterocycles. The number of anilines is 2. The van der Waals surface area contributed by atoms with Gasteiger partial charge in [0.15, 0.2) is 6.61 Å². The van der Waals surface area contributed by atoms with Crippen LogP contribution in [0.25, 0.3) is 10.8 Å². The molecule has 4 aromatic carbocycles. The first-order valence-electron chi connectivity index (χ1n) is 13.6. The summed E-state index contributed by atoms with van der Waals surface area (Å²) in [6, 6.07) is 27.0. The average molecular weight is 539 g/mol. The van der Waals surface area contributed by atoms with Crippen LogP contribution in [0.4, 0.5) is 11.4 Å². The third kappa shape index (κ3) is 7.69. The number of rotatable bonds is 12. The number of carbonyl (C=O) groups excluding carboxylic acids is 3. The number of nitrogens with one attached hydrogen (secondary N) is 2. The molecule has 0 aliphatic carbocycles. The molecule has 0 spiro atoms. The first-order valence-corrected chi connectivity index (χ1v) is 13.6. The zero-order valence-corrected chi connectivity index (χ0v) is 22.9. The molecular formula is C33H34N2O5. The second-order valence-corrected chi connectivity index (χ2v) is 9.37. The summed E-state index contributed by atoms with van der Waals surface area (Å²) in [4.78, 5) is 36.8. The van der Waals surface area contributed by atoms with Crippen LogP contribution >= 0.6 is 0 Å². The quantitative estimate of drug-likeness (QED) is 0.189. The summed E-state index contributed by atoms with van der Waals surface area (Å²) in [5.41, 5.74) is 3.50. The van der Waals surface area contributed by atoms with Gasteiger partial charge in [-0.2, -0.15) is 0 Å². The highest BCUT2D eigenvalue weighted by atomic mass is 16.5. The predicted molar refractivity (Wildman–Crippen MR) is 158 cm³/mol. The van der Waals surface area contributed by atoms with Crippen LogP contribution in [0, 0.1) is 0 Å². The van der Waals surface area contributed by atoms with E-state index in [9.17, 15) is 14.4 Å². The van der Waals surface area contributed by atoms with Crippen molar-refractivity contribution in [1.29, 1.82) is 0 Å². The maximum Gasteiger partial charge on any atom is 0.306 e. The summed E-state index contributed by atoms with van der Waals surface area (Å²) in [5.74, 6) is 0.310. The van der Waals surface area contributed by atoms with Crippen molar-refractivity contribution in [1.82, 2.24) is 0 Å². The SMILES string of the molecule is CCc1cccc(CC)c1NC(=O)COC(=O)CCCC(=O)Nc1ccc(Oc2cccc3ccccc23)cc1. The third-order valence-electron chi connectivity index (χ3n) is 6.53. The van der Waals surface area contributed by atoms with Gasteiger partial charge in [-0.1, -0.05) is 68.4 Å². The number of para-hydroxylation sites is 1. The smallest absolute Gasteiger partial charge is 0.306 e. The minimum Gasteiger partial charge on any atom is -0.457 e. The number of amides is 2. The number of benzene rings is 4. The van der Waals surface area contributed by atoms with Crippen LogP contribution in [0.15, 0.2) is 84.9 Å². The highest BCUT2D eigenvalue weighted by Crippen LogP contribution is 2.30. The normalized spacial score (nSPS) is 10.7. The van der Waals surface area contributed by atoms with Crippen LogP contribution in [-0.2, 0) is 32.0 Å². The van der Waals surface area contributed by atoms with E-state index in [1.165, 1.54) is 0 Å². The molecule has 0 atom stereocenters. The first-order chi connectivity index (χ1) is 19.5. The molecule has 0 unspecified atom stereocenters. The molecule has 2 amide bonds.